The highest BCUT2D eigenvalue weighted by atomic mass is 127. The van der Waals surface area contributed by atoms with Crippen LogP contribution in [-0.2, 0) is 11.3 Å². The van der Waals surface area contributed by atoms with Gasteiger partial charge in [0.2, 0.25) is 0 Å². The summed E-state index contributed by atoms with van der Waals surface area (Å²) in [6.07, 6.45) is 3.80. The van der Waals surface area contributed by atoms with Gasteiger partial charge in [-0.05, 0) is 57.3 Å². The number of hydrogen-bond acceptors (Lipinski definition) is 4. The number of nitrogens with one attached hydrogen (secondary N) is 2. The van der Waals surface area contributed by atoms with E-state index >= 15 is 0 Å². The number of aliphatic imine (C=N–C) groups is 1. The second kappa shape index (κ2) is 13.4. The molecule has 2 unspecified atom stereocenters. The van der Waals surface area contributed by atoms with Gasteiger partial charge >= 0.3 is 0 Å². The molecule has 2 aliphatic rings. The van der Waals surface area contributed by atoms with Crippen molar-refractivity contribution in [2.24, 2.45) is 10.9 Å². The van der Waals surface area contributed by atoms with Crippen LogP contribution in [0.3, 0.4) is 0 Å². The van der Waals surface area contributed by atoms with Crippen molar-refractivity contribution in [3.63, 3.8) is 0 Å². The Balaban J connectivity index is 0.00000320. The van der Waals surface area contributed by atoms with Gasteiger partial charge in [0.05, 0.1) is 19.8 Å². The van der Waals surface area contributed by atoms with Crippen LogP contribution in [0.5, 0.6) is 5.75 Å². The Labute approximate surface area is 199 Å². The second-order valence-corrected chi connectivity index (χ2v) is 8.40. The monoisotopic (exact) mass is 530 g/mol. The van der Waals surface area contributed by atoms with E-state index in [1.165, 1.54) is 31.5 Å². The van der Waals surface area contributed by atoms with E-state index in [1.807, 2.05) is 0 Å². The number of rotatable bonds is 9. The molecular formula is C23H39IN4O2. The molecule has 2 atom stereocenters. The van der Waals surface area contributed by atoms with Gasteiger partial charge < -0.3 is 25.0 Å². The smallest absolute Gasteiger partial charge is 0.191 e. The molecule has 0 amide bonds. The Morgan fingerprint density at radius 1 is 1.30 bits per heavy atom. The molecule has 6 nitrogen and oxygen atoms in total. The van der Waals surface area contributed by atoms with Gasteiger partial charge in [0, 0.05) is 31.6 Å². The van der Waals surface area contributed by atoms with Crippen LogP contribution in [0.2, 0.25) is 0 Å². The topological polar surface area (TPSA) is 58.1 Å². The SMILES string of the molecule is CCNC(=NCc1ccc(C)cc1OC1CCOC1)NCC(C)CN1CCCC1.I. The Kier molecular flexibility index (Phi) is 11.2. The number of ether oxygens (including phenoxy) is 2. The van der Waals surface area contributed by atoms with Crippen LogP contribution in [-0.4, -0.2) is 62.9 Å². The first-order valence-electron chi connectivity index (χ1n) is 11.2. The van der Waals surface area contributed by atoms with E-state index < -0.39 is 0 Å². The van der Waals surface area contributed by atoms with Gasteiger partial charge in [-0.2, -0.15) is 0 Å². The molecule has 3 rings (SSSR count). The van der Waals surface area contributed by atoms with E-state index in [4.69, 9.17) is 14.5 Å². The van der Waals surface area contributed by atoms with E-state index in [1.54, 1.807) is 0 Å². The minimum atomic E-state index is 0. The fourth-order valence-electron chi connectivity index (χ4n) is 3.93. The van der Waals surface area contributed by atoms with E-state index in [2.05, 4.69) is 54.5 Å². The molecule has 2 heterocycles. The Bertz CT molecular complexity index is 659. The lowest BCUT2D eigenvalue weighted by Gasteiger charge is -2.21. The first-order chi connectivity index (χ1) is 14.1. The fraction of sp³-hybridized carbons (Fsp3) is 0.696. The predicted octanol–water partition coefficient (Wildman–Crippen LogP) is 3.57. The zero-order valence-corrected chi connectivity index (χ0v) is 21.1. The van der Waals surface area contributed by atoms with Crippen LogP contribution in [0.4, 0.5) is 0 Å². The van der Waals surface area contributed by atoms with Crippen molar-refractivity contribution in [3.05, 3.63) is 29.3 Å². The summed E-state index contributed by atoms with van der Waals surface area (Å²) < 4.78 is 11.7. The number of likely N-dealkylation sites (tertiary alicyclic amines) is 1. The highest BCUT2D eigenvalue weighted by Crippen LogP contribution is 2.24. The quantitative estimate of drug-likeness (QED) is 0.291. The van der Waals surface area contributed by atoms with Gasteiger partial charge in [-0.15, -0.1) is 24.0 Å². The average Bonchev–Trinajstić information content (AvgIpc) is 3.39. The van der Waals surface area contributed by atoms with E-state index in [0.717, 1.165) is 49.9 Å². The van der Waals surface area contributed by atoms with Crippen molar-refractivity contribution < 1.29 is 9.47 Å². The Morgan fingerprint density at radius 2 is 2.10 bits per heavy atom. The van der Waals surface area contributed by atoms with Crippen molar-refractivity contribution in [1.82, 2.24) is 15.5 Å². The van der Waals surface area contributed by atoms with Crippen LogP contribution in [0.25, 0.3) is 0 Å². The number of nitrogens with zero attached hydrogens (tertiary/aromatic N) is 2. The molecule has 0 aromatic heterocycles. The number of aryl methyl sites for hydroxylation is 1. The largest absolute Gasteiger partial charge is 0.488 e. The van der Waals surface area contributed by atoms with Gasteiger partial charge in [-0.3, -0.25) is 0 Å². The summed E-state index contributed by atoms with van der Waals surface area (Å²) in [6, 6.07) is 6.37. The average molecular weight is 530 g/mol. The molecule has 2 fully saturated rings. The summed E-state index contributed by atoms with van der Waals surface area (Å²) in [4.78, 5) is 7.39. The van der Waals surface area contributed by atoms with Crippen LogP contribution in [0, 0.1) is 12.8 Å². The maximum absolute atomic E-state index is 6.21. The zero-order valence-electron chi connectivity index (χ0n) is 18.8. The van der Waals surface area contributed by atoms with Crippen molar-refractivity contribution in [1.29, 1.82) is 0 Å². The molecule has 0 saturated carbocycles. The molecule has 2 saturated heterocycles. The van der Waals surface area contributed by atoms with Crippen LogP contribution in [0.15, 0.2) is 23.2 Å². The maximum Gasteiger partial charge on any atom is 0.191 e. The lowest BCUT2D eigenvalue weighted by atomic mass is 10.1. The molecular weight excluding hydrogens is 491 g/mol. The summed E-state index contributed by atoms with van der Waals surface area (Å²) in [5, 5.41) is 6.89. The molecule has 1 aromatic rings. The molecule has 0 aliphatic carbocycles. The van der Waals surface area contributed by atoms with Crippen molar-refractivity contribution >= 4 is 29.9 Å². The molecule has 0 radical (unpaired) electrons. The molecule has 2 N–H and O–H groups in total. The lowest BCUT2D eigenvalue weighted by molar-refractivity contribution is 0.140. The third-order valence-corrected chi connectivity index (χ3v) is 5.54. The van der Waals surface area contributed by atoms with Gasteiger partial charge in [0.15, 0.2) is 5.96 Å². The van der Waals surface area contributed by atoms with E-state index in [-0.39, 0.29) is 30.1 Å². The number of benzene rings is 1. The van der Waals surface area contributed by atoms with Crippen LogP contribution >= 0.6 is 24.0 Å². The first-order valence-corrected chi connectivity index (χ1v) is 11.2. The molecule has 2 aliphatic heterocycles. The Hall–Kier alpha value is -1.06. The highest BCUT2D eigenvalue weighted by Gasteiger charge is 2.19. The summed E-state index contributed by atoms with van der Waals surface area (Å²) in [6.45, 7) is 14.0. The zero-order chi connectivity index (χ0) is 20.5. The number of halogens is 1. The third kappa shape index (κ3) is 8.23. The van der Waals surface area contributed by atoms with Crippen LogP contribution < -0.4 is 15.4 Å². The molecule has 30 heavy (non-hydrogen) atoms. The molecule has 0 bridgehead atoms. The third-order valence-electron chi connectivity index (χ3n) is 5.54. The standard InChI is InChI=1S/C23H38N4O2.HI/c1-4-24-23(25-14-19(3)16-27-10-5-6-11-27)26-15-20-8-7-18(2)13-22(20)29-21-9-12-28-17-21;/h7-8,13,19,21H,4-6,9-12,14-17H2,1-3H3,(H2,24,25,26);1H. The van der Waals surface area contributed by atoms with Gasteiger partial charge in [0.25, 0.3) is 0 Å². The molecule has 170 valence electrons. The normalized spacial score (nSPS) is 20.6. The number of guanidine groups is 1. The van der Waals surface area contributed by atoms with Crippen molar-refractivity contribution in [2.75, 3.05) is 45.9 Å². The summed E-state index contributed by atoms with van der Waals surface area (Å²) in [7, 11) is 0. The van der Waals surface area contributed by atoms with Gasteiger partial charge in [-0.25, -0.2) is 4.99 Å². The molecule has 1 aromatic carbocycles. The van der Waals surface area contributed by atoms with E-state index in [9.17, 15) is 0 Å². The fourth-order valence-corrected chi connectivity index (χ4v) is 3.93. The van der Waals surface area contributed by atoms with Gasteiger partial charge in [-0.1, -0.05) is 19.1 Å². The Morgan fingerprint density at radius 3 is 2.80 bits per heavy atom. The summed E-state index contributed by atoms with van der Waals surface area (Å²) >= 11 is 0. The van der Waals surface area contributed by atoms with Crippen molar-refractivity contribution in [3.8, 4) is 5.75 Å². The second-order valence-electron chi connectivity index (χ2n) is 8.40. The van der Waals surface area contributed by atoms with Gasteiger partial charge in [0.1, 0.15) is 11.9 Å². The van der Waals surface area contributed by atoms with Crippen molar-refractivity contribution in [2.45, 2.75) is 52.7 Å². The predicted molar refractivity (Wildman–Crippen MR) is 134 cm³/mol. The summed E-state index contributed by atoms with van der Waals surface area (Å²) in [5.74, 6) is 2.40. The first kappa shape index (κ1) is 25.2. The van der Waals surface area contributed by atoms with E-state index in [0.29, 0.717) is 19.1 Å². The summed E-state index contributed by atoms with van der Waals surface area (Å²) in [5.41, 5.74) is 2.32. The lowest BCUT2D eigenvalue weighted by Crippen LogP contribution is -2.41. The maximum atomic E-state index is 6.21. The molecule has 0 spiro atoms. The minimum Gasteiger partial charge on any atom is -0.488 e. The van der Waals surface area contributed by atoms with Crippen LogP contribution in [0.1, 0.15) is 44.2 Å². The molecule has 7 heteroatoms. The highest BCUT2D eigenvalue weighted by molar-refractivity contribution is 14.0. The minimum absolute atomic E-state index is 0. The number of hydrogen-bond donors (Lipinski definition) is 2.